The number of piperazine rings is 1. The smallest absolute Gasteiger partial charge is 0.262 e. The normalized spacial score (nSPS) is 15.3. The van der Waals surface area contributed by atoms with E-state index >= 15 is 0 Å². The molecule has 8 heteroatoms. The van der Waals surface area contributed by atoms with E-state index in [1.165, 1.54) is 0 Å². The molecule has 1 unspecified atom stereocenters. The first-order chi connectivity index (χ1) is 15.1. The Morgan fingerprint density at radius 3 is 2.38 bits per heavy atom. The molecule has 1 aliphatic rings. The Kier molecular flexibility index (Phi) is 7.46. The Hall–Kier alpha value is -2.58. The first kappa shape index (κ1) is 24.1. The van der Waals surface area contributed by atoms with Gasteiger partial charge in [-0.2, -0.15) is 0 Å². The fourth-order valence-corrected chi connectivity index (χ4v) is 5.16. The molecular formula is C24H34N4O3S. The standard InChI is InChI=1S/C24H34N4O3S/c1-6-19(5)26-24(29)21-15-20(7-8-22(21)28-11-9-25-10-12-28)27-32(30,31)23-14-17(3)16(2)13-18(23)4/h7-8,13-15,19,25,27H,6,9-12H2,1-5H3,(H,26,29). The molecule has 0 aromatic heterocycles. The number of nitrogens with one attached hydrogen (secondary N) is 3. The van der Waals surface area contributed by atoms with Gasteiger partial charge in [0, 0.05) is 43.6 Å². The Morgan fingerprint density at radius 1 is 1.06 bits per heavy atom. The molecule has 0 spiro atoms. The fraction of sp³-hybridized carbons (Fsp3) is 0.458. The predicted octanol–water partition coefficient (Wildman–Crippen LogP) is 3.35. The molecule has 0 saturated carbocycles. The largest absolute Gasteiger partial charge is 0.368 e. The summed E-state index contributed by atoms with van der Waals surface area (Å²) in [7, 11) is -3.80. The highest BCUT2D eigenvalue weighted by Crippen LogP contribution is 2.28. The van der Waals surface area contributed by atoms with Crippen LogP contribution in [-0.2, 0) is 10.0 Å². The van der Waals surface area contributed by atoms with E-state index in [1.807, 2.05) is 39.8 Å². The van der Waals surface area contributed by atoms with Gasteiger partial charge in [0.05, 0.1) is 10.5 Å². The van der Waals surface area contributed by atoms with E-state index in [4.69, 9.17) is 0 Å². The molecular weight excluding hydrogens is 424 g/mol. The molecule has 2 aromatic carbocycles. The van der Waals surface area contributed by atoms with Crippen LogP contribution in [0.15, 0.2) is 35.2 Å². The Bertz CT molecular complexity index is 1090. The van der Waals surface area contributed by atoms with Crippen molar-refractivity contribution in [3.8, 4) is 0 Å². The molecule has 0 bridgehead atoms. The number of hydrogen-bond donors (Lipinski definition) is 3. The minimum Gasteiger partial charge on any atom is -0.368 e. The van der Waals surface area contributed by atoms with Gasteiger partial charge in [-0.25, -0.2) is 8.42 Å². The number of carbonyl (C=O) groups is 1. The summed E-state index contributed by atoms with van der Waals surface area (Å²) in [6, 6.07) is 8.80. The highest BCUT2D eigenvalue weighted by molar-refractivity contribution is 7.92. The first-order valence-electron chi connectivity index (χ1n) is 11.1. The number of rotatable bonds is 7. The van der Waals surface area contributed by atoms with Gasteiger partial charge in [0.15, 0.2) is 0 Å². The number of benzene rings is 2. The zero-order valence-corrected chi connectivity index (χ0v) is 20.4. The number of aryl methyl sites for hydroxylation is 3. The molecule has 1 aliphatic heterocycles. The molecule has 1 amide bonds. The second-order valence-corrected chi connectivity index (χ2v) is 10.2. The van der Waals surface area contributed by atoms with Gasteiger partial charge in [0.2, 0.25) is 0 Å². The third-order valence-corrected chi connectivity index (χ3v) is 7.55. The van der Waals surface area contributed by atoms with Crippen molar-refractivity contribution in [2.45, 2.75) is 52.0 Å². The number of hydrogen-bond acceptors (Lipinski definition) is 5. The number of sulfonamides is 1. The van der Waals surface area contributed by atoms with Crippen molar-refractivity contribution in [1.82, 2.24) is 10.6 Å². The Balaban J connectivity index is 1.97. The van der Waals surface area contributed by atoms with Gasteiger partial charge in [-0.1, -0.05) is 13.0 Å². The summed E-state index contributed by atoms with van der Waals surface area (Å²) in [5.74, 6) is -0.198. The van der Waals surface area contributed by atoms with E-state index in [0.717, 1.165) is 49.4 Å². The summed E-state index contributed by atoms with van der Waals surface area (Å²) in [5.41, 5.74) is 4.31. The summed E-state index contributed by atoms with van der Waals surface area (Å²) in [6.45, 7) is 12.9. The van der Waals surface area contributed by atoms with Crippen molar-refractivity contribution in [3.63, 3.8) is 0 Å². The molecule has 1 heterocycles. The molecule has 3 rings (SSSR count). The van der Waals surface area contributed by atoms with Crippen LogP contribution in [0.2, 0.25) is 0 Å². The summed E-state index contributed by atoms with van der Waals surface area (Å²) < 4.78 is 29.0. The molecule has 1 fully saturated rings. The number of carbonyl (C=O) groups excluding carboxylic acids is 1. The van der Waals surface area contributed by atoms with Gasteiger partial charge in [-0.05, 0) is 75.1 Å². The molecule has 2 aromatic rings. The zero-order chi connectivity index (χ0) is 23.5. The van der Waals surface area contributed by atoms with Crippen LogP contribution in [0.1, 0.15) is 47.3 Å². The third-order valence-electron chi connectivity index (χ3n) is 6.02. The van der Waals surface area contributed by atoms with E-state index in [0.29, 0.717) is 16.8 Å². The first-order valence-corrected chi connectivity index (χ1v) is 12.6. The van der Waals surface area contributed by atoms with Crippen LogP contribution >= 0.6 is 0 Å². The lowest BCUT2D eigenvalue weighted by atomic mass is 10.1. The lowest BCUT2D eigenvalue weighted by Gasteiger charge is -2.31. The van der Waals surface area contributed by atoms with Gasteiger partial charge in [-0.15, -0.1) is 0 Å². The second kappa shape index (κ2) is 9.92. The number of nitrogens with zero attached hydrogens (tertiary/aromatic N) is 1. The van der Waals surface area contributed by atoms with Gasteiger partial charge in [-0.3, -0.25) is 9.52 Å². The summed E-state index contributed by atoms with van der Waals surface area (Å²) in [6.07, 6.45) is 0.813. The van der Waals surface area contributed by atoms with E-state index in [9.17, 15) is 13.2 Å². The second-order valence-electron chi connectivity index (χ2n) is 8.56. The Labute approximate surface area is 191 Å². The number of amides is 1. The maximum absolute atomic E-state index is 13.1. The van der Waals surface area contributed by atoms with E-state index in [-0.39, 0.29) is 16.8 Å². The van der Waals surface area contributed by atoms with Crippen molar-refractivity contribution in [3.05, 3.63) is 52.6 Å². The zero-order valence-electron chi connectivity index (χ0n) is 19.6. The van der Waals surface area contributed by atoms with Crippen LogP contribution in [0.25, 0.3) is 0 Å². The Morgan fingerprint density at radius 2 is 1.72 bits per heavy atom. The predicted molar refractivity (Wildman–Crippen MR) is 130 cm³/mol. The highest BCUT2D eigenvalue weighted by atomic mass is 32.2. The van der Waals surface area contributed by atoms with E-state index < -0.39 is 10.0 Å². The van der Waals surface area contributed by atoms with Crippen LogP contribution in [0, 0.1) is 20.8 Å². The monoisotopic (exact) mass is 458 g/mol. The molecule has 174 valence electrons. The lowest BCUT2D eigenvalue weighted by Crippen LogP contribution is -2.44. The molecule has 7 nitrogen and oxygen atoms in total. The maximum atomic E-state index is 13.1. The molecule has 32 heavy (non-hydrogen) atoms. The summed E-state index contributed by atoms with van der Waals surface area (Å²) in [5, 5.41) is 6.33. The maximum Gasteiger partial charge on any atom is 0.262 e. The summed E-state index contributed by atoms with van der Waals surface area (Å²) >= 11 is 0. The van der Waals surface area contributed by atoms with Gasteiger partial charge < -0.3 is 15.5 Å². The molecule has 1 saturated heterocycles. The van der Waals surface area contributed by atoms with Gasteiger partial charge in [0.25, 0.3) is 15.9 Å². The van der Waals surface area contributed by atoms with Crippen molar-refractivity contribution in [2.24, 2.45) is 0 Å². The average Bonchev–Trinajstić information content (AvgIpc) is 2.76. The SMILES string of the molecule is CCC(C)NC(=O)c1cc(NS(=O)(=O)c2cc(C)c(C)cc2C)ccc1N1CCNCC1. The van der Waals surface area contributed by atoms with Gasteiger partial charge in [0.1, 0.15) is 0 Å². The average molecular weight is 459 g/mol. The van der Waals surface area contributed by atoms with Crippen LogP contribution in [0.5, 0.6) is 0 Å². The van der Waals surface area contributed by atoms with Crippen LogP contribution < -0.4 is 20.3 Å². The van der Waals surface area contributed by atoms with Crippen LogP contribution in [0.4, 0.5) is 11.4 Å². The summed E-state index contributed by atoms with van der Waals surface area (Å²) in [4.78, 5) is 15.5. The minimum atomic E-state index is -3.80. The van der Waals surface area contributed by atoms with E-state index in [2.05, 4.69) is 20.3 Å². The van der Waals surface area contributed by atoms with Crippen LogP contribution in [-0.4, -0.2) is 46.5 Å². The molecule has 1 atom stereocenters. The highest BCUT2D eigenvalue weighted by Gasteiger charge is 2.23. The molecule has 3 N–H and O–H groups in total. The third kappa shape index (κ3) is 5.42. The van der Waals surface area contributed by atoms with E-state index in [1.54, 1.807) is 25.1 Å². The topological polar surface area (TPSA) is 90.5 Å². The minimum absolute atomic E-state index is 0.0249. The van der Waals surface area contributed by atoms with Crippen LogP contribution in [0.3, 0.4) is 0 Å². The van der Waals surface area contributed by atoms with Crippen molar-refractivity contribution >= 4 is 27.3 Å². The molecule has 0 radical (unpaired) electrons. The van der Waals surface area contributed by atoms with Crippen molar-refractivity contribution < 1.29 is 13.2 Å². The van der Waals surface area contributed by atoms with Gasteiger partial charge >= 0.3 is 0 Å². The fourth-order valence-electron chi connectivity index (χ4n) is 3.80. The lowest BCUT2D eigenvalue weighted by molar-refractivity contribution is 0.0939. The quantitative estimate of drug-likeness (QED) is 0.592. The number of anilines is 2. The molecule has 0 aliphatic carbocycles. The van der Waals surface area contributed by atoms with Crippen molar-refractivity contribution in [2.75, 3.05) is 35.8 Å². The van der Waals surface area contributed by atoms with Crippen molar-refractivity contribution in [1.29, 1.82) is 0 Å².